The first-order chi connectivity index (χ1) is 11.7. The summed E-state index contributed by atoms with van der Waals surface area (Å²) in [6.07, 6.45) is 6.92. The summed E-state index contributed by atoms with van der Waals surface area (Å²) >= 11 is 0. The van der Waals surface area contributed by atoms with Crippen molar-refractivity contribution >= 4 is 11.8 Å². The summed E-state index contributed by atoms with van der Waals surface area (Å²) in [6, 6.07) is 0. The predicted molar refractivity (Wildman–Crippen MR) is 86.8 cm³/mol. The molecular formula is C17H25N5O2. The summed E-state index contributed by atoms with van der Waals surface area (Å²) in [4.78, 5) is 26.4. The van der Waals surface area contributed by atoms with Gasteiger partial charge in [0.2, 0.25) is 11.8 Å². The number of hydrogen-bond donors (Lipinski definition) is 1. The maximum Gasteiger partial charge on any atom is 0.225 e. The van der Waals surface area contributed by atoms with Gasteiger partial charge in [0.05, 0.1) is 6.54 Å². The number of nitrogens with one attached hydrogen (secondary N) is 1. The van der Waals surface area contributed by atoms with E-state index in [9.17, 15) is 9.59 Å². The molecule has 1 saturated carbocycles. The molecule has 1 N–H and O–H groups in total. The number of nitrogens with zero attached hydrogens (tertiary/aromatic N) is 4. The van der Waals surface area contributed by atoms with Crippen LogP contribution < -0.4 is 5.32 Å². The highest BCUT2D eigenvalue weighted by molar-refractivity contribution is 5.82. The van der Waals surface area contributed by atoms with Gasteiger partial charge < -0.3 is 14.8 Å². The van der Waals surface area contributed by atoms with Crippen LogP contribution in [0.1, 0.15) is 50.2 Å². The second-order valence-electron chi connectivity index (χ2n) is 7.23. The van der Waals surface area contributed by atoms with Crippen molar-refractivity contribution in [3.63, 3.8) is 0 Å². The fraction of sp³-hybridized carbons (Fsp3) is 0.765. The summed E-state index contributed by atoms with van der Waals surface area (Å²) in [7, 11) is 0. The Morgan fingerprint density at radius 1 is 1.00 bits per heavy atom. The van der Waals surface area contributed by atoms with Gasteiger partial charge in [0.25, 0.3) is 0 Å². The predicted octanol–water partition coefficient (Wildman–Crippen LogP) is 0.879. The number of piperidine rings is 1. The van der Waals surface area contributed by atoms with Crippen molar-refractivity contribution in [2.75, 3.05) is 13.1 Å². The Morgan fingerprint density at radius 3 is 2.54 bits per heavy atom. The van der Waals surface area contributed by atoms with Crippen molar-refractivity contribution in [2.24, 2.45) is 11.8 Å². The highest BCUT2D eigenvalue weighted by Gasteiger charge is 2.36. The van der Waals surface area contributed by atoms with Crippen LogP contribution in [0.2, 0.25) is 0 Å². The molecule has 3 heterocycles. The number of hydrogen-bond acceptors (Lipinski definition) is 4. The molecule has 0 radical (unpaired) electrons. The van der Waals surface area contributed by atoms with Crippen LogP contribution in [-0.4, -0.2) is 44.6 Å². The zero-order valence-electron chi connectivity index (χ0n) is 14.0. The summed E-state index contributed by atoms with van der Waals surface area (Å²) in [5.41, 5.74) is 0. The molecule has 3 aliphatic rings. The Labute approximate surface area is 141 Å². The molecule has 0 atom stereocenters. The average molecular weight is 331 g/mol. The summed E-state index contributed by atoms with van der Waals surface area (Å²) in [5.74, 6) is 2.56. The van der Waals surface area contributed by atoms with Crippen molar-refractivity contribution < 1.29 is 9.59 Å². The summed E-state index contributed by atoms with van der Waals surface area (Å²) in [6.45, 7) is 2.84. The van der Waals surface area contributed by atoms with Crippen molar-refractivity contribution in [1.29, 1.82) is 0 Å². The van der Waals surface area contributed by atoms with Gasteiger partial charge in [0.1, 0.15) is 5.82 Å². The van der Waals surface area contributed by atoms with Crippen LogP contribution in [0.4, 0.5) is 0 Å². The van der Waals surface area contributed by atoms with Crippen LogP contribution in [0.5, 0.6) is 0 Å². The van der Waals surface area contributed by atoms with Gasteiger partial charge in [-0.05, 0) is 38.5 Å². The van der Waals surface area contributed by atoms with E-state index < -0.39 is 0 Å². The molecule has 0 bridgehead atoms. The third-order valence-electron chi connectivity index (χ3n) is 5.46. The van der Waals surface area contributed by atoms with E-state index in [1.165, 1.54) is 6.42 Å². The van der Waals surface area contributed by atoms with Crippen molar-refractivity contribution in [3.05, 3.63) is 11.6 Å². The Bertz CT molecular complexity index is 629. The first-order valence-corrected chi connectivity index (χ1v) is 9.20. The largest absolute Gasteiger partial charge is 0.349 e. The molecule has 130 valence electrons. The van der Waals surface area contributed by atoms with Gasteiger partial charge >= 0.3 is 0 Å². The zero-order chi connectivity index (χ0) is 16.5. The highest BCUT2D eigenvalue weighted by Crippen LogP contribution is 2.32. The number of rotatable bonds is 4. The van der Waals surface area contributed by atoms with Gasteiger partial charge in [0.15, 0.2) is 5.82 Å². The Kier molecular flexibility index (Phi) is 4.24. The van der Waals surface area contributed by atoms with E-state index in [4.69, 9.17) is 0 Å². The molecule has 1 aromatic rings. The van der Waals surface area contributed by atoms with Crippen molar-refractivity contribution in [1.82, 2.24) is 25.0 Å². The topological polar surface area (TPSA) is 80.1 Å². The molecule has 7 heteroatoms. The molecule has 7 nitrogen and oxygen atoms in total. The molecule has 1 aliphatic carbocycles. The normalized spacial score (nSPS) is 21.4. The van der Waals surface area contributed by atoms with Gasteiger partial charge in [0, 0.05) is 37.9 Å². The van der Waals surface area contributed by atoms with E-state index in [1.54, 1.807) is 0 Å². The molecule has 2 fully saturated rings. The van der Waals surface area contributed by atoms with E-state index in [0.717, 1.165) is 56.7 Å². The van der Waals surface area contributed by atoms with Gasteiger partial charge in [-0.1, -0.05) is 0 Å². The zero-order valence-corrected chi connectivity index (χ0v) is 14.0. The third-order valence-corrected chi connectivity index (χ3v) is 5.46. The molecule has 2 amide bonds. The molecule has 2 aliphatic heterocycles. The lowest BCUT2D eigenvalue weighted by atomic mass is 9.95. The molecule has 0 aromatic carbocycles. The SMILES string of the molecule is O=C(NCc1nnc2n1CCCC2)C1CCN(C(=O)C2CC2)CC1. The van der Waals surface area contributed by atoms with E-state index in [0.29, 0.717) is 25.5 Å². The van der Waals surface area contributed by atoms with Gasteiger partial charge in [-0.15, -0.1) is 10.2 Å². The maximum absolute atomic E-state index is 12.4. The van der Waals surface area contributed by atoms with Crippen LogP contribution in [0, 0.1) is 11.8 Å². The van der Waals surface area contributed by atoms with Crippen LogP contribution in [-0.2, 0) is 29.1 Å². The first-order valence-electron chi connectivity index (χ1n) is 9.20. The molecule has 1 aromatic heterocycles. The number of amides is 2. The smallest absolute Gasteiger partial charge is 0.225 e. The number of aryl methyl sites for hydroxylation is 1. The number of aromatic nitrogens is 3. The fourth-order valence-electron chi connectivity index (χ4n) is 3.76. The minimum atomic E-state index is 0.0111. The lowest BCUT2D eigenvalue weighted by Crippen LogP contribution is -2.43. The second kappa shape index (κ2) is 6.53. The van der Waals surface area contributed by atoms with Crippen LogP contribution in [0.15, 0.2) is 0 Å². The first kappa shape index (κ1) is 15.6. The second-order valence-corrected chi connectivity index (χ2v) is 7.23. The number of likely N-dealkylation sites (tertiary alicyclic amines) is 1. The standard InChI is InChI=1S/C17H25N5O2/c23-16(12-6-9-21(10-7-12)17(24)13-4-5-13)18-11-15-20-19-14-3-1-2-8-22(14)15/h12-13H,1-11H2,(H,18,23). The summed E-state index contributed by atoms with van der Waals surface area (Å²) < 4.78 is 2.14. The number of fused-ring (bicyclic) bond motifs is 1. The van der Waals surface area contributed by atoms with Gasteiger partial charge in [-0.2, -0.15) is 0 Å². The highest BCUT2D eigenvalue weighted by atomic mass is 16.2. The van der Waals surface area contributed by atoms with E-state index in [2.05, 4.69) is 20.1 Å². The number of carbonyl (C=O) groups is 2. The Morgan fingerprint density at radius 2 is 1.79 bits per heavy atom. The van der Waals surface area contributed by atoms with E-state index in [-0.39, 0.29) is 17.7 Å². The fourth-order valence-corrected chi connectivity index (χ4v) is 3.76. The lowest BCUT2D eigenvalue weighted by Gasteiger charge is -2.31. The van der Waals surface area contributed by atoms with Crippen LogP contribution in [0.25, 0.3) is 0 Å². The molecule has 4 rings (SSSR count). The van der Waals surface area contributed by atoms with E-state index in [1.807, 2.05) is 4.90 Å². The third kappa shape index (κ3) is 3.16. The van der Waals surface area contributed by atoms with E-state index >= 15 is 0 Å². The van der Waals surface area contributed by atoms with Crippen LogP contribution >= 0.6 is 0 Å². The maximum atomic E-state index is 12.4. The average Bonchev–Trinajstić information content (AvgIpc) is 3.40. The minimum absolute atomic E-state index is 0.0111. The Hall–Kier alpha value is -1.92. The lowest BCUT2D eigenvalue weighted by molar-refractivity contribution is -0.136. The quantitative estimate of drug-likeness (QED) is 0.888. The molecule has 1 saturated heterocycles. The van der Waals surface area contributed by atoms with Crippen molar-refractivity contribution in [2.45, 2.75) is 58.0 Å². The molecular weight excluding hydrogens is 306 g/mol. The van der Waals surface area contributed by atoms with Gasteiger partial charge in [-0.3, -0.25) is 9.59 Å². The van der Waals surface area contributed by atoms with Crippen LogP contribution in [0.3, 0.4) is 0 Å². The number of carbonyl (C=O) groups excluding carboxylic acids is 2. The molecule has 24 heavy (non-hydrogen) atoms. The minimum Gasteiger partial charge on any atom is -0.349 e. The molecule has 0 unspecified atom stereocenters. The molecule has 0 spiro atoms. The monoisotopic (exact) mass is 331 g/mol. The van der Waals surface area contributed by atoms with Gasteiger partial charge in [-0.25, -0.2) is 0 Å². The summed E-state index contributed by atoms with van der Waals surface area (Å²) in [5, 5.41) is 11.5. The van der Waals surface area contributed by atoms with Crippen molar-refractivity contribution in [3.8, 4) is 0 Å². The Balaban J connectivity index is 1.26.